The molecule has 1 N–H and O–H groups in total. The maximum Gasteiger partial charge on any atom is 0.522 e. The standard InChI is InChI=1S/C7H15N2.CHF3O3S/c1-9-5-2-8(3-6-9)4-7-9;2-1(3,4)8(5,6)7/h2-7H2,1H3;(H,5,6,7)/q+1;. The van der Waals surface area contributed by atoms with Gasteiger partial charge in [0.15, 0.2) is 0 Å². The zero-order valence-electron chi connectivity index (χ0n) is 9.44. The molecule has 3 aliphatic heterocycles. The van der Waals surface area contributed by atoms with Crippen LogP contribution in [0, 0.1) is 0 Å². The fourth-order valence-electron chi connectivity index (χ4n) is 1.82. The van der Waals surface area contributed by atoms with Crippen molar-refractivity contribution >= 4 is 10.1 Å². The number of nitrogens with zero attached hydrogens (tertiary/aromatic N) is 2. The first-order valence-corrected chi connectivity index (χ1v) is 6.57. The summed E-state index contributed by atoms with van der Waals surface area (Å²) in [7, 11) is -3.45. The number of fused-ring (bicyclic) bond motifs is 3. The summed E-state index contributed by atoms with van der Waals surface area (Å²) < 4.78 is 58.9. The van der Waals surface area contributed by atoms with Crippen molar-refractivity contribution in [2.24, 2.45) is 0 Å². The Balaban J connectivity index is 0.000000172. The van der Waals surface area contributed by atoms with Gasteiger partial charge in [0.1, 0.15) is 0 Å². The Morgan fingerprint density at radius 3 is 1.53 bits per heavy atom. The van der Waals surface area contributed by atoms with Crippen molar-refractivity contribution < 1.29 is 30.6 Å². The summed E-state index contributed by atoms with van der Waals surface area (Å²) in [6.45, 7) is 8.20. The van der Waals surface area contributed by atoms with Gasteiger partial charge in [-0.1, -0.05) is 0 Å². The Morgan fingerprint density at radius 2 is 1.41 bits per heavy atom. The van der Waals surface area contributed by atoms with Crippen molar-refractivity contribution in [3.05, 3.63) is 0 Å². The van der Waals surface area contributed by atoms with Crippen LogP contribution in [0.1, 0.15) is 0 Å². The Labute approximate surface area is 98.1 Å². The van der Waals surface area contributed by atoms with Gasteiger partial charge in [0, 0.05) is 19.6 Å². The van der Waals surface area contributed by atoms with Crippen LogP contribution in [-0.4, -0.2) is 74.2 Å². The van der Waals surface area contributed by atoms with Crippen LogP contribution in [0.15, 0.2) is 0 Å². The molecule has 0 amide bonds. The minimum Gasteiger partial charge on any atom is -0.323 e. The van der Waals surface area contributed by atoms with E-state index in [0.717, 1.165) is 0 Å². The zero-order valence-corrected chi connectivity index (χ0v) is 10.3. The van der Waals surface area contributed by atoms with Crippen LogP contribution in [0.3, 0.4) is 0 Å². The van der Waals surface area contributed by atoms with E-state index in [1.54, 1.807) is 0 Å². The predicted molar refractivity (Wildman–Crippen MR) is 54.8 cm³/mol. The van der Waals surface area contributed by atoms with Gasteiger partial charge in [0.25, 0.3) is 0 Å². The van der Waals surface area contributed by atoms with Crippen molar-refractivity contribution in [1.82, 2.24) is 4.90 Å². The van der Waals surface area contributed by atoms with Crippen LogP contribution >= 0.6 is 0 Å². The van der Waals surface area contributed by atoms with Crippen LogP contribution in [0.25, 0.3) is 0 Å². The lowest BCUT2D eigenvalue weighted by atomic mass is 10.2. The van der Waals surface area contributed by atoms with Gasteiger partial charge in [-0.3, -0.25) is 9.45 Å². The largest absolute Gasteiger partial charge is 0.522 e. The Kier molecular flexibility index (Phi) is 4.07. The lowest BCUT2D eigenvalue weighted by molar-refractivity contribution is -0.922. The molecular weight excluding hydrogens is 261 g/mol. The first-order valence-electron chi connectivity index (χ1n) is 5.13. The Hall–Kier alpha value is -0.380. The number of hydrogen-bond acceptors (Lipinski definition) is 3. The smallest absolute Gasteiger partial charge is 0.323 e. The van der Waals surface area contributed by atoms with Crippen LogP contribution < -0.4 is 0 Å². The van der Waals surface area contributed by atoms with Gasteiger partial charge < -0.3 is 4.48 Å². The molecule has 102 valence electrons. The quantitative estimate of drug-likeness (QED) is 0.389. The van der Waals surface area contributed by atoms with Gasteiger partial charge in [-0.2, -0.15) is 21.6 Å². The van der Waals surface area contributed by atoms with E-state index in [1.165, 1.54) is 43.8 Å². The van der Waals surface area contributed by atoms with Gasteiger partial charge >= 0.3 is 15.6 Å². The molecule has 2 bridgehead atoms. The highest BCUT2D eigenvalue weighted by atomic mass is 32.2. The highest BCUT2D eigenvalue weighted by molar-refractivity contribution is 7.86. The molecule has 17 heavy (non-hydrogen) atoms. The SMILES string of the molecule is C[N+]12CCN(CC1)CC2.O=S(=O)(O)C(F)(F)F. The summed E-state index contributed by atoms with van der Waals surface area (Å²) in [5, 5.41) is 0. The molecule has 0 aliphatic carbocycles. The highest BCUT2D eigenvalue weighted by Crippen LogP contribution is 2.20. The van der Waals surface area contributed by atoms with E-state index in [9.17, 15) is 13.2 Å². The number of hydrogen-bond donors (Lipinski definition) is 1. The number of likely N-dealkylation sites (N-methyl/N-ethyl adjacent to an activating group) is 1. The van der Waals surface area contributed by atoms with Crippen molar-refractivity contribution in [2.45, 2.75) is 5.51 Å². The first kappa shape index (κ1) is 14.7. The van der Waals surface area contributed by atoms with E-state index < -0.39 is 15.6 Å². The molecular formula is C8H16F3N2O3S+. The first-order chi connectivity index (χ1) is 7.54. The summed E-state index contributed by atoms with van der Waals surface area (Å²) in [5.41, 5.74) is -5.53. The molecule has 0 spiro atoms. The van der Waals surface area contributed by atoms with Crippen LogP contribution in [0.4, 0.5) is 13.2 Å². The molecule has 3 rings (SSSR count). The van der Waals surface area contributed by atoms with Gasteiger partial charge in [-0.05, 0) is 0 Å². The number of alkyl halides is 3. The third-order valence-corrected chi connectivity index (χ3v) is 3.75. The van der Waals surface area contributed by atoms with E-state index in [-0.39, 0.29) is 0 Å². The molecule has 0 aromatic heterocycles. The zero-order chi connectivity index (χ0) is 13.3. The predicted octanol–water partition coefficient (Wildman–Crippen LogP) is 0.156. The van der Waals surface area contributed by atoms with Gasteiger partial charge in [-0.25, -0.2) is 0 Å². The van der Waals surface area contributed by atoms with E-state index >= 15 is 0 Å². The van der Waals surface area contributed by atoms with Crippen molar-refractivity contribution in [3.8, 4) is 0 Å². The Bertz CT molecular complexity index is 347. The second kappa shape index (κ2) is 4.71. The van der Waals surface area contributed by atoms with Gasteiger partial charge in [0.05, 0.1) is 26.7 Å². The van der Waals surface area contributed by atoms with E-state index in [0.29, 0.717) is 0 Å². The molecule has 3 heterocycles. The summed E-state index contributed by atoms with van der Waals surface area (Å²) in [5.74, 6) is 0. The molecule has 5 nitrogen and oxygen atoms in total. The average molecular weight is 277 g/mol. The normalized spacial score (nSPS) is 32.9. The van der Waals surface area contributed by atoms with Gasteiger partial charge in [0.2, 0.25) is 0 Å². The molecule has 0 aromatic rings. The Morgan fingerprint density at radius 1 is 1.12 bits per heavy atom. The second-order valence-electron chi connectivity index (χ2n) is 4.55. The molecule has 3 fully saturated rings. The molecule has 9 heteroatoms. The lowest BCUT2D eigenvalue weighted by Gasteiger charge is -2.48. The molecule has 3 aliphatic rings. The molecule has 0 unspecified atom stereocenters. The molecule has 0 aromatic carbocycles. The molecule has 3 saturated heterocycles. The topological polar surface area (TPSA) is 57.6 Å². The number of rotatable bonds is 0. The van der Waals surface area contributed by atoms with Crippen LogP contribution in [-0.2, 0) is 10.1 Å². The lowest BCUT2D eigenvalue weighted by Crippen LogP contribution is -2.65. The van der Waals surface area contributed by atoms with Crippen molar-refractivity contribution in [3.63, 3.8) is 0 Å². The number of quaternary nitrogens is 1. The van der Waals surface area contributed by atoms with E-state index in [4.69, 9.17) is 13.0 Å². The fraction of sp³-hybridized carbons (Fsp3) is 1.00. The van der Waals surface area contributed by atoms with Crippen LogP contribution in [0.5, 0.6) is 0 Å². The van der Waals surface area contributed by atoms with Crippen molar-refractivity contribution in [1.29, 1.82) is 0 Å². The minimum absolute atomic E-state index is 1.34. The van der Waals surface area contributed by atoms with E-state index in [2.05, 4.69) is 11.9 Å². The third-order valence-electron chi connectivity index (χ3n) is 3.16. The average Bonchev–Trinajstić information content (AvgIpc) is 2.16. The molecule has 0 radical (unpaired) electrons. The van der Waals surface area contributed by atoms with E-state index in [1.807, 2.05) is 0 Å². The third kappa shape index (κ3) is 4.09. The molecule has 0 saturated carbocycles. The minimum atomic E-state index is -5.84. The molecule has 0 atom stereocenters. The summed E-state index contributed by atoms with van der Waals surface area (Å²) in [6, 6.07) is 0. The summed E-state index contributed by atoms with van der Waals surface area (Å²) in [6.07, 6.45) is 0. The fourth-order valence-corrected chi connectivity index (χ4v) is 1.82. The second-order valence-corrected chi connectivity index (χ2v) is 5.97. The van der Waals surface area contributed by atoms with Crippen LogP contribution in [0.2, 0.25) is 0 Å². The number of piperazine rings is 3. The number of halogens is 3. The summed E-state index contributed by atoms with van der Waals surface area (Å²) >= 11 is 0. The van der Waals surface area contributed by atoms with Gasteiger partial charge in [-0.15, -0.1) is 0 Å². The maximum atomic E-state index is 10.7. The summed E-state index contributed by atoms with van der Waals surface area (Å²) in [4.78, 5) is 2.57. The monoisotopic (exact) mass is 277 g/mol. The highest BCUT2D eigenvalue weighted by Gasteiger charge is 2.44. The maximum absolute atomic E-state index is 10.7. The van der Waals surface area contributed by atoms with Crippen molar-refractivity contribution in [2.75, 3.05) is 46.3 Å².